The Hall–Kier alpha value is -2.27. The first-order valence-corrected chi connectivity index (χ1v) is 8.65. The second-order valence-corrected chi connectivity index (χ2v) is 6.89. The lowest BCUT2D eigenvalue weighted by molar-refractivity contribution is 0.0694. The molecule has 1 fully saturated rings. The number of aromatic nitrogens is 1. The molecule has 1 aliphatic heterocycles. The highest BCUT2D eigenvalue weighted by atomic mass is 35.5. The van der Waals surface area contributed by atoms with Gasteiger partial charge in [-0.2, -0.15) is 0 Å². The summed E-state index contributed by atoms with van der Waals surface area (Å²) in [6.45, 7) is 8.55. The Morgan fingerprint density at radius 1 is 1.32 bits per heavy atom. The van der Waals surface area contributed by atoms with Crippen LogP contribution in [-0.2, 0) is 0 Å². The minimum Gasteiger partial charge on any atom is -0.477 e. The molecule has 2 heterocycles. The lowest BCUT2D eigenvalue weighted by atomic mass is 10.1. The Morgan fingerprint density at radius 3 is 2.48 bits per heavy atom. The van der Waals surface area contributed by atoms with Crippen molar-refractivity contribution >= 4 is 23.3 Å². The summed E-state index contributed by atoms with van der Waals surface area (Å²) in [6, 6.07) is 5.77. The largest absolute Gasteiger partial charge is 0.477 e. The Balaban J connectivity index is 2.09. The molecule has 25 heavy (non-hydrogen) atoms. The standard InChI is InChI=1S/C19H21ClN2O3/c1-5-14-9-22(14)15-8-12(4)21-18(16(15)19(23)24)25-17-10(2)6-13(20)7-11(17)3/h6-8,14H,5,9H2,1-4H3,(H,23,24). The fourth-order valence-corrected chi connectivity index (χ4v) is 3.44. The smallest absolute Gasteiger partial charge is 0.343 e. The molecule has 0 spiro atoms. The zero-order valence-electron chi connectivity index (χ0n) is 14.8. The van der Waals surface area contributed by atoms with Crippen LogP contribution in [0.25, 0.3) is 0 Å². The van der Waals surface area contributed by atoms with E-state index in [0.717, 1.165) is 29.8 Å². The van der Waals surface area contributed by atoms with Crippen LogP contribution in [0.4, 0.5) is 5.69 Å². The van der Waals surface area contributed by atoms with E-state index in [1.807, 2.05) is 26.8 Å². The number of carboxylic acids is 1. The molecule has 1 aromatic heterocycles. The SMILES string of the molecule is CCC1CN1c1cc(C)nc(Oc2c(C)cc(Cl)cc2C)c1C(=O)O. The molecule has 1 atom stereocenters. The summed E-state index contributed by atoms with van der Waals surface area (Å²) in [5.74, 6) is -0.324. The first-order chi connectivity index (χ1) is 11.8. The number of aromatic carboxylic acids is 1. The molecule has 2 aromatic rings. The van der Waals surface area contributed by atoms with Crippen LogP contribution in [0.5, 0.6) is 11.6 Å². The molecule has 3 rings (SSSR count). The van der Waals surface area contributed by atoms with Crippen LogP contribution in [0.2, 0.25) is 5.02 Å². The molecule has 132 valence electrons. The van der Waals surface area contributed by atoms with Crippen molar-refractivity contribution in [2.45, 2.75) is 40.2 Å². The van der Waals surface area contributed by atoms with Gasteiger partial charge in [-0.3, -0.25) is 0 Å². The van der Waals surface area contributed by atoms with Crippen LogP contribution in [-0.4, -0.2) is 28.6 Å². The molecule has 5 nitrogen and oxygen atoms in total. The van der Waals surface area contributed by atoms with Crippen molar-refractivity contribution in [1.82, 2.24) is 4.98 Å². The van der Waals surface area contributed by atoms with Gasteiger partial charge in [-0.1, -0.05) is 18.5 Å². The summed E-state index contributed by atoms with van der Waals surface area (Å²) < 4.78 is 5.98. The fourth-order valence-electron chi connectivity index (χ4n) is 3.11. The summed E-state index contributed by atoms with van der Waals surface area (Å²) in [4.78, 5) is 18.4. The molecule has 6 heteroatoms. The minimum absolute atomic E-state index is 0.107. The molecule has 0 amide bonds. The predicted octanol–water partition coefficient (Wildman–Crippen LogP) is 4.75. The van der Waals surface area contributed by atoms with E-state index >= 15 is 0 Å². The van der Waals surface area contributed by atoms with Gasteiger partial charge in [0.15, 0.2) is 0 Å². The van der Waals surface area contributed by atoms with E-state index in [2.05, 4.69) is 16.8 Å². The number of nitrogens with zero attached hydrogens (tertiary/aromatic N) is 2. The molecule has 0 saturated carbocycles. The molecule has 0 radical (unpaired) electrons. The molecular formula is C19H21ClN2O3. The van der Waals surface area contributed by atoms with Crippen molar-refractivity contribution in [2.75, 3.05) is 11.4 Å². The maximum Gasteiger partial charge on any atom is 0.343 e. The van der Waals surface area contributed by atoms with Crippen molar-refractivity contribution in [3.8, 4) is 11.6 Å². The van der Waals surface area contributed by atoms with E-state index < -0.39 is 5.97 Å². The van der Waals surface area contributed by atoms with E-state index in [0.29, 0.717) is 22.5 Å². The van der Waals surface area contributed by atoms with Crippen LogP contribution in [0, 0.1) is 20.8 Å². The summed E-state index contributed by atoms with van der Waals surface area (Å²) in [5.41, 5.74) is 3.18. The number of pyridine rings is 1. The average Bonchev–Trinajstić information content (AvgIpc) is 3.29. The van der Waals surface area contributed by atoms with E-state index in [9.17, 15) is 9.90 Å². The number of carboxylic acid groups (broad SMARTS) is 1. The third kappa shape index (κ3) is 3.42. The Kier molecular flexibility index (Phi) is 4.60. The van der Waals surface area contributed by atoms with Crippen LogP contribution in [0.3, 0.4) is 0 Å². The minimum atomic E-state index is -1.04. The average molecular weight is 361 g/mol. The van der Waals surface area contributed by atoms with Gasteiger partial charge < -0.3 is 14.7 Å². The third-order valence-electron chi connectivity index (χ3n) is 4.43. The maximum absolute atomic E-state index is 11.9. The van der Waals surface area contributed by atoms with Gasteiger partial charge in [0.05, 0.1) is 5.69 Å². The first kappa shape index (κ1) is 17.5. The number of aryl methyl sites for hydroxylation is 3. The lowest BCUT2D eigenvalue weighted by Crippen LogP contribution is -2.11. The van der Waals surface area contributed by atoms with Gasteiger partial charge in [-0.25, -0.2) is 9.78 Å². The van der Waals surface area contributed by atoms with E-state index in [4.69, 9.17) is 16.3 Å². The molecular weight excluding hydrogens is 340 g/mol. The number of ether oxygens (including phenoxy) is 1. The quantitative estimate of drug-likeness (QED) is 0.779. The van der Waals surface area contributed by atoms with Crippen LogP contribution >= 0.6 is 11.6 Å². The third-order valence-corrected chi connectivity index (χ3v) is 4.64. The Labute approximate surface area is 152 Å². The predicted molar refractivity (Wildman–Crippen MR) is 98.4 cm³/mol. The van der Waals surface area contributed by atoms with Gasteiger partial charge in [0.25, 0.3) is 0 Å². The Bertz CT molecular complexity index is 828. The van der Waals surface area contributed by atoms with E-state index in [1.165, 1.54) is 0 Å². The number of rotatable bonds is 5. The summed E-state index contributed by atoms with van der Waals surface area (Å²) in [5, 5.41) is 10.4. The van der Waals surface area contributed by atoms with Crippen molar-refractivity contribution < 1.29 is 14.6 Å². The normalized spacial score (nSPS) is 16.0. The Morgan fingerprint density at radius 2 is 1.96 bits per heavy atom. The van der Waals surface area contributed by atoms with Crippen molar-refractivity contribution in [3.05, 3.63) is 45.6 Å². The summed E-state index contributed by atoms with van der Waals surface area (Å²) in [6.07, 6.45) is 0.978. The number of anilines is 1. The molecule has 1 unspecified atom stereocenters. The van der Waals surface area contributed by atoms with Gasteiger partial charge >= 0.3 is 5.97 Å². The monoisotopic (exact) mass is 360 g/mol. The molecule has 1 N–H and O–H groups in total. The second-order valence-electron chi connectivity index (χ2n) is 6.45. The number of carbonyl (C=O) groups is 1. The van der Waals surface area contributed by atoms with Crippen LogP contribution in [0.15, 0.2) is 18.2 Å². The number of hydrogen-bond donors (Lipinski definition) is 1. The van der Waals surface area contributed by atoms with Gasteiger partial charge in [0.1, 0.15) is 11.3 Å². The fraction of sp³-hybridized carbons (Fsp3) is 0.368. The lowest BCUT2D eigenvalue weighted by Gasteiger charge is -2.17. The van der Waals surface area contributed by atoms with E-state index in [1.54, 1.807) is 12.1 Å². The topological polar surface area (TPSA) is 62.4 Å². The van der Waals surface area contributed by atoms with Crippen molar-refractivity contribution in [3.63, 3.8) is 0 Å². The second kappa shape index (κ2) is 6.56. The van der Waals surface area contributed by atoms with Gasteiger partial charge in [0.2, 0.25) is 5.88 Å². The van der Waals surface area contributed by atoms with Gasteiger partial charge in [0, 0.05) is 23.3 Å². The highest BCUT2D eigenvalue weighted by Gasteiger charge is 2.37. The first-order valence-electron chi connectivity index (χ1n) is 8.28. The molecule has 1 aliphatic rings. The van der Waals surface area contributed by atoms with Crippen LogP contribution < -0.4 is 9.64 Å². The highest BCUT2D eigenvalue weighted by Crippen LogP contribution is 2.39. The van der Waals surface area contributed by atoms with Crippen molar-refractivity contribution in [2.24, 2.45) is 0 Å². The maximum atomic E-state index is 11.9. The molecule has 1 saturated heterocycles. The molecule has 1 aromatic carbocycles. The number of halogens is 1. The number of hydrogen-bond acceptors (Lipinski definition) is 4. The van der Waals surface area contributed by atoms with Crippen LogP contribution in [0.1, 0.15) is 40.5 Å². The summed E-state index contributed by atoms with van der Waals surface area (Å²) in [7, 11) is 0. The van der Waals surface area contributed by atoms with Crippen molar-refractivity contribution in [1.29, 1.82) is 0 Å². The molecule has 0 aliphatic carbocycles. The van der Waals surface area contributed by atoms with E-state index in [-0.39, 0.29) is 11.4 Å². The highest BCUT2D eigenvalue weighted by molar-refractivity contribution is 6.30. The zero-order chi connectivity index (χ0) is 18.3. The van der Waals surface area contributed by atoms with Gasteiger partial charge in [-0.05, 0) is 56.5 Å². The molecule has 0 bridgehead atoms. The zero-order valence-corrected chi connectivity index (χ0v) is 15.5. The number of benzene rings is 1. The van der Waals surface area contributed by atoms with Gasteiger partial charge in [-0.15, -0.1) is 0 Å². The summed E-state index contributed by atoms with van der Waals surface area (Å²) >= 11 is 6.07.